The lowest BCUT2D eigenvalue weighted by Crippen LogP contribution is -2.35. The summed E-state index contributed by atoms with van der Waals surface area (Å²) in [6, 6.07) is 3.57. The zero-order valence-corrected chi connectivity index (χ0v) is 15.0. The fraction of sp³-hybridized carbons (Fsp3) is 0.706. The van der Waals surface area contributed by atoms with E-state index in [1.165, 1.54) is 37.0 Å². The SMILES string of the molecule is O=C(c1ccc(Cl)s1)N1C[C@@H](CO)[C@@H](CN2CCCCCC2)C1. The molecule has 1 N–H and O–H groups in total. The van der Waals surface area contributed by atoms with Gasteiger partial charge in [0.2, 0.25) is 0 Å². The van der Waals surface area contributed by atoms with E-state index in [1.54, 1.807) is 12.1 Å². The highest BCUT2D eigenvalue weighted by molar-refractivity contribution is 7.17. The number of nitrogens with zero attached hydrogens (tertiary/aromatic N) is 2. The van der Waals surface area contributed by atoms with Gasteiger partial charge in [-0.3, -0.25) is 4.79 Å². The normalized spacial score (nSPS) is 26.4. The van der Waals surface area contributed by atoms with Gasteiger partial charge in [0.05, 0.1) is 9.21 Å². The molecule has 0 aliphatic carbocycles. The van der Waals surface area contributed by atoms with Crippen LogP contribution in [0, 0.1) is 11.8 Å². The van der Waals surface area contributed by atoms with E-state index in [2.05, 4.69) is 4.90 Å². The smallest absolute Gasteiger partial charge is 0.263 e. The first-order valence-electron chi connectivity index (χ1n) is 8.55. The van der Waals surface area contributed by atoms with Gasteiger partial charge in [0.25, 0.3) is 5.91 Å². The molecule has 2 aliphatic heterocycles. The summed E-state index contributed by atoms with van der Waals surface area (Å²) in [4.78, 5) is 17.7. The van der Waals surface area contributed by atoms with Crippen molar-refractivity contribution in [1.82, 2.24) is 9.80 Å². The second-order valence-electron chi connectivity index (χ2n) is 6.73. The molecule has 0 bridgehead atoms. The number of carbonyl (C=O) groups excluding carboxylic acids is 1. The van der Waals surface area contributed by atoms with Crippen LogP contribution in [0.4, 0.5) is 0 Å². The molecule has 23 heavy (non-hydrogen) atoms. The first-order chi connectivity index (χ1) is 11.2. The summed E-state index contributed by atoms with van der Waals surface area (Å²) >= 11 is 7.27. The highest BCUT2D eigenvalue weighted by Crippen LogP contribution is 2.29. The van der Waals surface area contributed by atoms with E-state index in [0.717, 1.165) is 26.2 Å². The highest BCUT2D eigenvalue weighted by Gasteiger charge is 2.36. The summed E-state index contributed by atoms with van der Waals surface area (Å²) in [5.74, 6) is 0.619. The van der Waals surface area contributed by atoms with E-state index in [-0.39, 0.29) is 18.4 Å². The lowest BCUT2D eigenvalue weighted by Gasteiger charge is -2.26. The molecular weight excluding hydrogens is 332 g/mol. The van der Waals surface area contributed by atoms with E-state index >= 15 is 0 Å². The van der Waals surface area contributed by atoms with Crippen LogP contribution in [0.5, 0.6) is 0 Å². The first kappa shape index (κ1) is 17.2. The molecule has 4 nitrogen and oxygen atoms in total. The van der Waals surface area contributed by atoms with Crippen LogP contribution in [-0.4, -0.2) is 60.1 Å². The Morgan fingerprint density at radius 2 is 1.87 bits per heavy atom. The minimum absolute atomic E-state index is 0.0544. The van der Waals surface area contributed by atoms with E-state index < -0.39 is 0 Å². The van der Waals surface area contributed by atoms with E-state index in [9.17, 15) is 9.90 Å². The summed E-state index contributed by atoms with van der Waals surface area (Å²) in [6.07, 6.45) is 5.20. The summed E-state index contributed by atoms with van der Waals surface area (Å²) in [5, 5.41) is 9.72. The molecular formula is C17H25ClN2O2S. The number of amides is 1. The maximum atomic E-state index is 12.6. The number of thiophene rings is 1. The molecule has 6 heteroatoms. The Balaban J connectivity index is 1.61. The lowest BCUT2D eigenvalue weighted by molar-refractivity contribution is 0.0784. The number of rotatable bonds is 4. The molecule has 2 atom stereocenters. The molecule has 2 fully saturated rings. The second-order valence-corrected chi connectivity index (χ2v) is 8.45. The molecule has 0 unspecified atom stereocenters. The number of aliphatic hydroxyl groups is 1. The van der Waals surface area contributed by atoms with Crippen molar-refractivity contribution in [2.75, 3.05) is 39.3 Å². The van der Waals surface area contributed by atoms with Gasteiger partial charge < -0.3 is 14.9 Å². The molecule has 0 radical (unpaired) electrons. The number of aliphatic hydroxyl groups excluding tert-OH is 1. The van der Waals surface area contributed by atoms with E-state index in [0.29, 0.717) is 21.7 Å². The van der Waals surface area contributed by atoms with Crippen molar-refractivity contribution in [2.24, 2.45) is 11.8 Å². The zero-order valence-electron chi connectivity index (χ0n) is 13.4. The minimum Gasteiger partial charge on any atom is -0.396 e. The number of hydrogen-bond acceptors (Lipinski definition) is 4. The molecule has 3 rings (SSSR count). The number of hydrogen-bond donors (Lipinski definition) is 1. The van der Waals surface area contributed by atoms with Crippen molar-refractivity contribution in [3.63, 3.8) is 0 Å². The van der Waals surface area contributed by atoms with Crippen molar-refractivity contribution in [3.05, 3.63) is 21.3 Å². The molecule has 1 amide bonds. The van der Waals surface area contributed by atoms with E-state index in [4.69, 9.17) is 11.6 Å². The van der Waals surface area contributed by atoms with Crippen LogP contribution in [-0.2, 0) is 0 Å². The fourth-order valence-electron chi connectivity index (χ4n) is 3.75. The zero-order chi connectivity index (χ0) is 16.2. The standard InChI is InChI=1S/C17H25ClN2O2S/c18-16-6-5-15(23-16)17(22)20-10-13(14(11-20)12-21)9-19-7-3-1-2-4-8-19/h5-6,13-14,21H,1-4,7-12H2/t13-,14-/m0/s1. The largest absolute Gasteiger partial charge is 0.396 e. The second kappa shape index (κ2) is 7.97. The Hall–Kier alpha value is -0.620. The van der Waals surface area contributed by atoms with Crippen LogP contribution in [0.1, 0.15) is 35.4 Å². The third-order valence-electron chi connectivity index (χ3n) is 5.07. The van der Waals surface area contributed by atoms with Gasteiger partial charge >= 0.3 is 0 Å². The van der Waals surface area contributed by atoms with Gasteiger partial charge in [0, 0.05) is 32.2 Å². The predicted octanol–water partition coefficient (Wildman–Crippen LogP) is 2.96. The fourth-order valence-corrected chi connectivity index (χ4v) is 4.76. The Kier molecular flexibility index (Phi) is 5.96. The van der Waals surface area contributed by atoms with Crippen LogP contribution in [0.2, 0.25) is 4.34 Å². The highest BCUT2D eigenvalue weighted by atomic mass is 35.5. The summed E-state index contributed by atoms with van der Waals surface area (Å²) in [6.45, 7) is 4.87. The number of likely N-dealkylation sites (tertiary alicyclic amines) is 2. The van der Waals surface area contributed by atoms with Gasteiger partial charge in [0.15, 0.2) is 0 Å². The van der Waals surface area contributed by atoms with Gasteiger partial charge in [-0.2, -0.15) is 0 Å². The van der Waals surface area contributed by atoms with Gasteiger partial charge in [-0.05, 0) is 44.0 Å². The summed E-state index contributed by atoms with van der Waals surface area (Å²) in [5.41, 5.74) is 0. The molecule has 1 aromatic rings. The van der Waals surface area contributed by atoms with Crippen LogP contribution in [0.15, 0.2) is 12.1 Å². The maximum absolute atomic E-state index is 12.6. The third-order valence-corrected chi connectivity index (χ3v) is 6.29. The third kappa shape index (κ3) is 4.27. The Labute approximate surface area is 147 Å². The predicted molar refractivity (Wildman–Crippen MR) is 94.2 cm³/mol. The van der Waals surface area contributed by atoms with Crippen molar-refractivity contribution in [3.8, 4) is 0 Å². The monoisotopic (exact) mass is 356 g/mol. The molecule has 0 aromatic carbocycles. The average molecular weight is 357 g/mol. The quantitative estimate of drug-likeness (QED) is 0.902. The lowest BCUT2D eigenvalue weighted by atomic mass is 9.96. The van der Waals surface area contributed by atoms with Crippen molar-refractivity contribution < 1.29 is 9.90 Å². The van der Waals surface area contributed by atoms with Gasteiger partial charge in [-0.25, -0.2) is 0 Å². The molecule has 0 saturated carbocycles. The first-order valence-corrected chi connectivity index (χ1v) is 9.74. The Morgan fingerprint density at radius 3 is 2.48 bits per heavy atom. The van der Waals surface area contributed by atoms with Crippen LogP contribution < -0.4 is 0 Å². The molecule has 2 saturated heterocycles. The molecule has 128 valence electrons. The number of halogens is 1. The summed E-state index contributed by atoms with van der Waals surface area (Å²) < 4.78 is 0.646. The molecule has 3 heterocycles. The van der Waals surface area contributed by atoms with Crippen molar-refractivity contribution >= 4 is 28.8 Å². The van der Waals surface area contributed by atoms with E-state index in [1.807, 2.05) is 4.90 Å². The molecule has 2 aliphatic rings. The van der Waals surface area contributed by atoms with Crippen molar-refractivity contribution in [2.45, 2.75) is 25.7 Å². The van der Waals surface area contributed by atoms with Gasteiger partial charge in [-0.1, -0.05) is 24.4 Å². The maximum Gasteiger partial charge on any atom is 0.263 e. The van der Waals surface area contributed by atoms with Crippen LogP contribution in [0.25, 0.3) is 0 Å². The van der Waals surface area contributed by atoms with Crippen LogP contribution >= 0.6 is 22.9 Å². The molecule has 1 aromatic heterocycles. The van der Waals surface area contributed by atoms with Gasteiger partial charge in [-0.15, -0.1) is 11.3 Å². The van der Waals surface area contributed by atoms with Crippen LogP contribution in [0.3, 0.4) is 0 Å². The Morgan fingerprint density at radius 1 is 1.17 bits per heavy atom. The average Bonchev–Trinajstić information content (AvgIpc) is 3.06. The number of carbonyl (C=O) groups is 1. The van der Waals surface area contributed by atoms with Gasteiger partial charge in [0.1, 0.15) is 0 Å². The summed E-state index contributed by atoms with van der Waals surface area (Å²) in [7, 11) is 0. The molecule has 0 spiro atoms. The van der Waals surface area contributed by atoms with Crippen molar-refractivity contribution in [1.29, 1.82) is 0 Å². The topological polar surface area (TPSA) is 43.8 Å². The Bertz CT molecular complexity index is 528. The minimum atomic E-state index is 0.0544.